The van der Waals surface area contributed by atoms with Crippen LogP contribution in [0.3, 0.4) is 0 Å². The van der Waals surface area contributed by atoms with Gasteiger partial charge in [-0.2, -0.15) is 0 Å². The number of benzene rings is 1. The number of hydrogen-bond acceptors (Lipinski definition) is 9. The molecular weight excluding hydrogens is 592 g/mol. The second kappa shape index (κ2) is 12.4. The average molecular weight is 635 g/mol. The quantitative estimate of drug-likeness (QED) is 0.275. The maximum Gasteiger partial charge on any atom is 0.355 e. The first-order chi connectivity index (χ1) is 22.0. The molecular formula is C35H42N2O9. The van der Waals surface area contributed by atoms with Crippen molar-refractivity contribution in [3.8, 4) is 0 Å². The maximum atomic E-state index is 13.5. The molecule has 1 aromatic carbocycles. The van der Waals surface area contributed by atoms with E-state index in [2.05, 4.69) is 10.3 Å². The van der Waals surface area contributed by atoms with Crippen molar-refractivity contribution in [2.45, 2.75) is 76.3 Å². The first kappa shape index (κ1) is 32.2. The molecule has 1 amide bonds. The molecule has 1 aromatic heterocycles. The number of esters is 2. The summed E-state index contributed by atoms with van der Waals surface area (Å²) >= 11 is 0. The molecule has 6 rings (SSSR count). The van der Waals surface area contributed by atoms with E-state index in [1.165, 1.54) is 19.4 Å². The van der Waals surface area contributed by atoms with Gasteiger partial charge in [-0.3, -0.25) is 4.79 Å². The lowest BCUT2D eigenvalue weighted by Crippen LogP contribution is -2.57. The minimum absolute atomic E-state index is 0.147. The van der Waals surface area contributed by atoms with Crippen LogP contribution in [0, 0.1) is 29.6 Å². The summed E-state index contributed by atoms with van der Waals surface area (Å²) in [6, 6.07) is 10.3. The number of rotatable bonds is 6. The number of ether oxygens (including phenoxy) is 4. The number of aromatic amines is 1. The first-order valence-corrected chi connectivity index (χ1v) is 15.9. The maximum absolute atomic E-state index is 13.5. The number of carbonyl (C=O) groups excluding carboxylic acids is 3. The number of cyclic esters (lactones) is 1. The molecule has 46 heavy (non-hydrogen) atoms. The zero-order valence-corrected chi connectivity index (χ0v) is 26.6. The Kier molecular flexibility index (Phi) is 8.71. The molecule has 3 unspecified atom stereocenters. The van der Waals surface area contributed by atoms with Crippen LogP contribution >= 0.6 is 0 Å². The van der Waals surface area contributed by atoms with Crippen LogP contribution in [0.1, 0.15) is 55.0 Å². The molecule has 4 bridgehead atoms. The molecule has 4 N–H and O–H groups in total. The number of nitrogens with one attached hydrogen (secondary N) is 2. The second-order valence-corrected chi connectivity index (χ2v) is 13.1. The van der Waals surface area contributed by atoms with Gasteiger partial charge in [0.25, 0.3) is 5.91 Å². The van der Waals surface area contributed by atoms with E-state index >= 15 is 0 Å². The number of methoxy groups -OCH3 is 1. The molecule has 2 aliphatic heterocycles. The van der Waals surface area contributed by atoms with Crippen molar-refractivity contribution < 1.29 is 43.5 Å². The molecule has 1 saturated carbocycles. The van der Waals surface area contributed by atoms with Crippen LogP contribution in [0.4, 0.5) is 5.69 Å². The third kappa shape index (κ3) is 5.38. The fraction of sp³-hybridized carbons (Fsp3) is 0.514. The van der Waals surface area contributed by atoms with Crippen molar-refractivity contribution in [1.82, 2.24) is 4.98 Å². The third-order valence-corrected chi connectivity index (χ3v) is 10.3. The van der Waals surface area contributed by atoms with Gasteiger partial charge in [0.05, 0.1) is 17.9 Å². The Labute approximate surface area is 267 Å². The molecule has 11 heteroatoms. The lowest BCUT2D eigenvalue weighted by Gasteiger charge is -2.48. The van der Waals surface area contributed by atoms with Crippen LogP contribution in [0.5, 0.6) is 0 Å². The molecule has 0 radical (unpaired) electrons. The second-order valence-electron chi connectivity index (χ2n) is 13.1. The van der Waals surface area contributed by atoms with Gasteiger partial charge >= 0.3 is 11.9 Å². The number of aliphatic hydroxyl groups excluding tert-OH is 2. The molecule has 11 nitrogen and oxygen atoms in total. The van der Waals surface area contributed by atoms with E-state index in [4.69, 9.17) is 18.9 Å². The van der Waals surface area contributed by atoms with Crippen LogP contribution in [-0.4, -0.2) is 82.4 Å². The number of aliphatic hydroxyl groups is 2. The molecule has 1 saturated heterocycles. The monoisotopic (exact) mass is 634 g/mol. The topological polar surface area (TPSA) is 156 Å². The van der Waals surface area contributed by atoms with E-state index in [-0.39, 0.29) is 41.7 Å². The van der Waals surface area contributed by atoms with E-state index in [0.717, 1.165) is 5.57 Å². The van der Waals surface area contributed by atoms with Crippen molar-refractivity contribution in [1.29, 1.82) is 0 Å². The van der Waals surface area contributed by atoms with Crippen molar-refractivity contribution in [3.63, 3.8) is 0 Å². The highest BCUT2D eigenvalue weighted by atomic mass is 16.6. The molecule has 2 fully saturated rings. The average Bonchev–Trinajstić information content (AvgIpc) is 3.58. The number of anilines is 1. The smallest absolute Gasteiger partial charge is 0.355 e. The fourth-order valence-electron chi connectivity index (χ4n) is 8.06. The standard InChI is InChI=1S/C35H42N2O9/c1-17-13-18(2)35-22(14-26(43-5)34(42)44-29(17)20(4)38)11-12-24-27(35)28(39)19(3)30(31(24)46-35)45-33(41)25-15-23(16-36-25)37-32(40)21-9-7-6-8-10-21/h6-13,15-17,19-20,22,24,26-31,36,38-39H,14H2,1-5H3,(H,37,40)/b18-13+/t17-,19-,20?,22-,24?,26+,27?,28-,29+,30-,31-,35+/m1/s1. The summed E-state index contributed by atoms with van der Waals surface area (Å²) in [5.41, 5.74) is 0.887. The summed E-state index contributed by atoms with van der Waals surface area (Å²) in [7, 11) is 1.45. The Balaban J connectivity index is 1.28. The zero-order chi connectivity index (χ0) is 32.9. The Morgan fingerprint density at radius 3 is 2.61 bits per heavy atom. The summed E-state index contributed by atoms with van der Waals surface area (Å²) in [6.45, 7) is 7.26. The molecule has 12 atom stereocenters. The predicted octanol–water partition coefficient (Wildman–Crippen LogP) is 3.65. The van der Waals surface area contributed by atoms with Crippen LogP contribution < -0.4 is 5.32 Å². The fourth-order valence-corrected chi connectivity index (χ4v) is 8.06. The minimum atomic E-state index is -1.01. The van der Waals surface area contributed by atoms with Gasteiger partial charge in [0.15, 0.2) is 6.10 Å². The molecule has 2 aliphatic carbocycles. The van der Waals surface area contributed by atoms with E-state index in [1.54, 1.807) is 31.2 Å². The Morgan fingerprint density at radius 2 is 1.91 bits per heavy atom. The summed E-state index contributed by atoms with van der Waals surface area (Å²) in [4.78, 5) is 42.1. The highest BCUT2D eigenvalue weighted by Gasteiger charge is 2.69. The van der Waals surface area contributed by atoms with Crippen molar-refractivity contribution in [3.05, 3.63) is 77.7 Å². The highest BCUT2D eigenvalue weighted by Crippen LogP contribution is 2.61. The van der Waals surface area contributed by atoms with Gasteiger partial charge in [0.1, 0.15) is 29.6 Å². The molecule has 3 heterocycles. The number of H-pyrrole nitrogens is 1. The number of carbonyl (C=O) groups is 3. The van der Waals surface area contributed by atoms with E-state index in [9.17, 15) is 24.6 Å². The summed E-state index contributed by atoms with van der Waals surface area (Å²) < 4.78 is 24.4. The molecule has 1 spiro atoms. The van der Waals surface area contributed by atoms with Crippen molar-refractivity contribution in [2.24, 2.45) is 29.6 Å². The van der Waals surface area contributed by atoms with Gasteiger partial charge < -0.3 is 39.5 Å². The largest absolute Gasteiger partial charge is 0.457 e. The lowest BCUT2D eigenvalue weighted by atomic mass is 9.57. The number of amides is 1. The summed E-state index contributed by atoms with van der Waals surface area (Å²) in [6.07, 6.45) is 2.84. The Bertz CT molecular complexity index is 1530. The summed E-state index contributed by atoms with van der Waals surface area (Å²) in [5.74, 6) is -3.33. The van der Waals surface area contributed by atoms with Crippen LogP contribution in [0.25, 0.3) is 0 Å². The summed E-state index contributed by atoms with van der Waals surface area (Å²) in [5, 5.41) is 25.2. The minimum Gasteiger partial charge on any atom is -0.457 e. The molecule has 2 aromatic rings. The number of hydrogen-bond donors (Lipinski definition) is 4. The third-order valence-electron chi connectivity index (χ3n) is 10.3. The highest BCUT2D eigenvalue weighted by molar-refractivity contribution is 6.04. The number of aromatic nitrogens is 1. The van der Waals surface area contributed by atoms with Crippen LogP contribution in [-0.2, 0) is 23.7 Å². The molecule has 4 aliphatic rings. The van der Waals surface area contributed by atoms with Gasteiger partial charge in [-0.1, -0.05) is 50.3 Å². The molecule has 246 valence electrons. The van der Waals surface area contributed by atoms with Gasteiger partial charge in [-0.25, -0.2) is 9.59 Å². The van der Waals surface area contributed by atoms with Gasteiger partial charge in [-0.15, -0.1) is 0 Å². The predicted molar refractivity (Wildman–Crippen MR) is 167 cm³/mol. The first-order valence-electron chi connectivity index (χ1n) is 15.9. The normalized spacial score (nSPS) is 38.5. The van der Waals surface area contributed by atoms with Gasteiger partial charge in [0.2, 0.25) is 0 Å². The van der Waals surface area contributed by atoms with E-state index < -0.39 is 60.1 Å². The van der Waals surface area contributed by atoms with Gasteiger partial charge in [-0.05, 0) is 44.0 Å². The van der Waals surface area contributed by atoms with Crippen molar-refractivity contribution >= 4 is 23.5 Å². The Hall–Kier alpha value is -3.77. The van der Waals surface area contributed by atoms with Crippen LogP contribution in [0.2, 0.25) is 0 Å². The van der Waals surface area contributed by atoms with Crippen molar-refractivity contribution in [2.75, 3.05) is 12.4 Å². The lowest BCUT2D eigenvalue weighted by molar-refractivity contribution is -0.172. The SMILES string of the molecule is CO[C@H]1C[C@H]2C=CC3C4[C@H](O)[C@@H](C)[C@@H](OC(=O)c5cc(NC(=O)c6ccccc6)c[nH]5)[C@@H]3O[C@]42/C(C)=C/[C@@H](C)[C@@H](C(C)O)OC1=O. The van der Waals surface area contributed by atoms with Gasteiger partial charge in [0, 0.05) is 48.5 Å². The van der Waals surface area contributed by atoms with Crippen LogP contribution in [0.15, 0.2) is 66.4 Å². The zero-order valence-electron chi connectivity index (χ0n) is 26.6. The Morgan fingerprint density at radius 1 is 1.17 bits per heavy atom. The van der Waals surface area contributed by atoms with E-state index in [1.807, 2.05) is 45.1 Å². The van der Waals surface area contributed by atoms with E-state index in [0.29, 0.717) is 11.3 Å².